The van der Waals surface area contributed by atoms with Crippen LogP contribution in [0.2, 0.25) is 0 Å². The van der Waals surface area contributed by atoms with E-state index in [0.29, 0.717) is 33.3 Å². The molecule has 0 spiro atoms. The van der Waals surface area contributed by atoms with E-state index >= 15 is 0 Å². The number of hydrogen-bond acceptors (Lipinski definition) is 4. The molecule has 1 rings (SSSR count). The highest BCUT2D eigenvalue weighted by Gasteiger charge is 2.15. The molecule has 7 heteroatoms. The number of nitrogens with two attached hydrogens (primary N) is 1. The van der Waals surface area contributed by atoms with Gasteiger partial charge in [0.05, 0.1) is 11.3 Å². The van der Waals surface area contributed by atoms with E-state index in [0.717, 1.165) is 6.54 Å². The number of thiocarbonyl (C=S) groups is 1. The highest BCUT2D eigenvalue weighted by atomic mass is 127. The van der Waals surface area contributed by atoms with E-state index in [4.69, 9.17) is 18.0 Å². The van der Waals surface area contributed by atoms with Gasteiger partial charge in [-0.25, -0.2) is 4.98 Å². The molecule has 0 aliphatic carbocycles. The molecule has 18 heavy (non-hydrogen) atoms. The van der Waals surface area contributed by atoms with Crippen LogP contribution < -0.4 is 16.2 Å². The fraction of sp³-hybridized carbons (Fsp3) is 0.545. The normalized spacial score (nSPS) is 10.7. The van der Waals surface area contributed by atoms with Crippen molar-refractivity contribution in [1.29, 1.82) is 0 Å². The molecule has 0 saturated heterocycles. The second kappa shape index (κ2) is 7.03. The molecule has 0 aromatic carbocycles. The second-order valence-electron chi connectivity index (χ2n) is 4.43. The second-order valence-corrected chi connectivity index (χ2v) is 6.03. The molecule has 0 bridgehead atoms. The molecule has 1 heterocycles. The van der Waals surface area contributed by atoms with Crippen molar-refractivity contribution in [2.24, 2.45) is 11.7 Å². The number of nitrogens with zero attached hydrogens (tertiary/aromatic N) is 2. The Bertz CT molecular complexity index is 474. The summed E-state index contributed by atoms with van der Waals surface area (Å²) in [5.41, 5.74) is 5.41. The Morgan fingerprint density at radius 2 is 2.33 bits per heavy atom. The molecule has 0 saturated carbocycles. The number of nitrogens with one attached hydrogen (secondary N) is 1. The molecular weight excluding hydrogens is 363 g/mol. The van der Waals surface area contributed by atoms with Crippen molar-refractivity contribution in [3.05, 3.63) is 20.3 Å². The summed E-state index contributed by atoms with van der Waals surface area (Å²) in [5.74, 6) is 1.16. The fourth-order valence-corrected chi connectivity index (χ4v) is 2.29. The largest absolute Gasteiger partial charge is 0.393 e. The van der Waals surface area contributed by atoms with Crippen LogP contribution in [0.15, 0.2) is 11.1 Å². The zero-order valence-corrected chi connectivity index (χ0v) is 13.4. The number of aromatic nitrogens is 2. The molecule has 0 aliphatic rings. The van der Waals surface area contributed by atoms with Crippen LogP contribution in [0.3, 0.4) is 0 Å². The molecule has 5 nitrogen and oxygen atoms in total. The number of anilines is 1. The van der Waals surface area contributed by atoms with Crippen molar-refractivity contribution in [3.63, 3.8) is 0 Å². The SMILES string of the molecule is CC(C)CN(CCC(N)=S)c1nc[nH]c(=O)c1I. The van der Waals surface area contributed by atoms with Crippen molar-refractivity contribution in [3.8, 4) is 0 Å². The van der Waals surface area contributed by atoms with Gasteiger partial charge < -0.3 is 15.6 Å². The van der Waals surface area contributed by atoms with Crippen molar-refractivity contribution >= 4 is 45.6 Å². The lowest BCUT2D eigenvalue weighted by Gasteiger charge is -2.25. The van der Waals surface area contributed by atoms with E-state index < -0.39 is 0 Å². The van der Waals surface area contributed by atoms with Gasteiger partial charge in [-0.2, -0.15) is 0 Å². The summed E-state index contributed by atoms with van der Waals surface area (Å²) in [7, 11) is 0. The molecule has 1 aromatic heterocycles. The third-order valence-corrected chi connectivity index (χ3v) is 3.47. The Kier molecular flexibility index (Phi) is 6.00. The Hall–Kier alpha value is -0.700. The van der Waals surface area contributed by atoms with E-state index in [-0.39, 0.29) is 5.56 Å². The molecule has 0 radical (unpaired) electrons. The van der Waals surface area contributed by atoms with Gasteiger partial charge in [0.2, 0.25) is 0 Å². The lowest BCUT2D eigenvalue weighted by atomic mass is 10.2. The van der Waals surface area contributed by atoms with Crippen LogP contribution in [0.4, 0.5) is 5.82 Å². The predicted octanol–water partition coefficient (Wildman–Crippen LogP) is 1.51. The highest BCUT2D eigenvalue weighted by molar-refractivity contribution is 14.1. The lowest BCUT2D eigenvalue weighted by molar-refractivity contribution is 0.607. The minimum atomic E-state index is -0.121. The van der Waals surface area contributed by atoms with E-state index in [2.05, 4.69) is 28.7 Å². The summed E-state index contributed by atoms with van der Waals surface area (Å²) in [6, 6.07) is 0. The van der Waals surface area contributed by atoms with Gasteiger partial charge in [-0.3, -0.25) is 4.79 Å². The molecule has 1 aromatic rings. The zero-order valence-electron chi connectivity index (χ0n) is 10.4. The Labute approximate surface area is 125 Å². The van der Waals surface area contributed by atoms with Crippen LogP contribution in [0.25, 0.3) is 0 Å². The van der Waals surface area contributed by atoms with Gasteiger partial charge in [0.1, 0.15) is 9.39 Å². The first-order valence-corrected chi connectivity index (χ1v) is 7.17. The number of rotatable bonds is 6. The number of aromatic amines is 1. The zero-order chi connectivity index (χ0) is 13.7. The van der Waals surface area contributed by atoms with E-state index in [1.165, 1.54) is 6.33 Å². The average molecular weight is 380 g/mol. The molecule has 0 fully saturated rings. The van der Waals surface area contributed by atoms with Crippen molar-refractivity contribution in [1.82, 2.24) is 9.97 Å². The molecule has 3 N–H and O–H groups in total. The molecule has 0 atom stereocenters. The van der Waals surface area contributed by atoms with Gasteiger partial charge in [-0.1, -0.05) is 26.1 Å². The molecule has 0 unspecified atom stereocenters. The van der Waals surface area contributed by atoms with Gasteiger partial charge in [0.15, 0.2) is 0 Å². The fourth-order valence-electron chi connectivity index (χ4n) is 1.56. The topological polar surface area (TPSA) is 75.0 Å². The smallest absolute Gasteiger partial charge is 0.266 e. The van der Waals surface area contributed by atoms with Crippen LogP contribution in [-0.2, 0) is 0 Å². The van der Waals surface area contributed by atoms with Crippen LogP contribution in [-0.4, -0.2) is 28.0 Å². The van der Waals surface area contributed by atoms with Crippen molar-refractivity contribution in [2.75, 3.05) is 18.0 Å². The minimum absolute atomic E-state index is 0.121. The van der Waals surface area contributed by atoms with Crippen molar-refractivity contribution in [2.45, 2.75) is 20.3 Å². The maximum atomic E-state index is 11.6. The number of hydrogen-bond donors (Lipinski definition) is 2. The third-order valence-electron chi connectivity index (χ3n) is 2.29. The Balaban J connectivity index is 2.97. The van der Waals surface area contributed by atoms with E-state index in [1.54, 1.807) is 0 Å². The van der Waals surface area contributed by atoms with Crippen LogP contribution in [0.1, 0.15) is 20.3 Å². The standard InChI is InChI=1S/C11H17IN4OS/c1-7(2)5-16(4-3-8(13)18)10-9(12)11(17)15-6-14-10/h6-7H,3-5H2,1-2H3,(H2,13,18)(H,14,15,17). The van der Waals surface area contributed by atoms with Gasteiger partial charge in [-0.15, -0.1) is 0 Å². The Morgan fingerprint density at radius 1 is 1.67 bits per heavy atom. The first-order valence-electron chi connectivity index (χ1n) is 5.68. The maximum Gasteiger partial charge on any atom is 0.266 e. The van der Waals surface area contributed by atoms with Gasteiger partial charge >= 0.3 is 0 Å². The quantitative estimate of drug-likeness (QED) is 0.578. The highest BCUT2D eigenvalue weighted by Crippen LogP contribution is 2.17. The average Bonchev–Trinajstić information content (AvgIpc) is 2.27. The van der Waals surface area contributed by atoms with Crippen LogP contribution in [0, 0.1) is 9.49 Å². The molecule has 0 aliphatic heterocycles. The van der Waals surface area contributed by atoms with Crippen molar-refractivity contribution < 1.29 is 0 Å². The molecule has 100 valence electrons. The van der Waals surface area contributed by atoms with Crippen LogP contribution >= 0.6 is 34.8 Å². The molecular formula is C11H17IN4OS. The summed E-state index contributed by atoms with van der Waals surface area (Å²) in [6.07, 6.45) is 2.04. The summed E-state index contributed by atoms with van der Waals surface area (Å²) < 4.78 is 0.596. The van der Waals surface area contributed by atoms with Gasteiger partial charge in [-0.05, 0) is 28.5 Å². The summed E-state index contributed by atoms with van der Waals surface area (Å²) in [4.78, 5) is 20.9. The van der Waals surface area contributed by atoms with Crippen LogP contribution in [0.5, 0.6) is 0 Å². The van der Waals surface area contributed by atoms with E-state index in [9.17, 15) is 4.79 Å². The summed E-state index contributed by atoms with van der Waals surface area (Å²) in [6.45, 7) is 5.73. The predicted molar refractivity (Wildman–Crippen MR) is 86.0 cm³/mol. The Morgan fingerprint density at radius 3 is 2.89 bits per heavy atom. The molecule has 0 amide bonds. The number of halogens is 1. The summed E-state index contributed by atoms with van der Waals surface area (Å²) >= 11 is 6.91. The maximum absolute atomic E-state index is 11.6. The van der Waals surface area contributed by atoms with Gasteiger partial charge in [0, 0.05) is 19.5 Å². The number of H-pyrrole nitrogens is 1. The minimum Gasteiger partial charge on any atom is -0.393 e. The van der Waals surface area contributed by atoms with Gasteiger partial charge in [0.25, 0.3) is 5.56 Å². The lowest BCUT2D eigenvalue weighted by Crippen LogP contribution is -2.33. The monoisotopic (exact) mass is 380 g/mol. The third kappa shape index (κ3) is 4.52. The summed E-state index contributed by atoms with van der Waals surface area (Å²) in [5, 5.41) is 0. The first-order chi connectivity index (χ1) is 8.41. The first kappa shape index (κ1) is 15.4. The van der Waals surface area contributed by atoms with E-state index in [1.807, 2.05) is 22.6 Å².